The standard InChI is InChI=1S/C13H8Cl2N2O2S/c14-10-5-3-6-11(15)13(10)17-20(18,19)12-7-2-1-4-9(12)8-16/h1-7,17H. The fraction of sp³-hybridized carbons (Fsp3) is 0. The molecule has 0 fully saturated rings. The van der Waals surface area contributed by atoms with Crippen molar-refractivity contribution in [2.75, 3.05) is 4.72 Å². The molecule has 1 N–H and O–H groups in total. The molecule has 0 unspecified atom stereocenters. The maximum absolute atomic E-state index is 12.3. The topological polar surface area (TPSA) is 70.0 Å². The molecule has 0 aliphatic heterocycles. The van der Waals surface area contributed by atoms with Gasteiger partial charge in [0, 0.05) is 0 Å². The Morgan fingerprint density at radius 1 is 1.00 bits per heavy atom. The molecule has 0 aromatic heterocycles. The lowest BCUT2D eigenvalue weighted by Crippen LogP contribution is -2.15. The number of nitriles is 1. The van der Waals surface area contributed by atoms with Gasteiger partial charge in [-0.2, -0.15) is 5.26 Å². The summed E-state index contributed by atoms with van der Waals surface area (Å²) in [7, 11) is -3.94. The normalized spacial score (nSPS) is 10.8. The second-order valence-corrected chi connectivity index (χ2v) is 6.28. The minimum absolute atomic E-state index is 0.0446. The van der Waals surface area contributed by atoms with Gasteiger partial charge in [-0.15, -0.1) is 0 Å². The van der Waals surface area contributed by atoms with Crippen LogP contribution in [-0.4, -0.2) is 8.42 Å². The smallest absolute Gasteiger partial charge is 0.263 e. The summed E-state index contributed by atoms with van der Waals surface area (Å²) in [6.07, 6.45) is 0. The Kier molecular flexibility index (Phi) is 4.19. The van der Waals surface area contributed by atoms with Crippen molar-refractivity contribution >= 4 is 38.9 Å². The van der Waals surface area contributed by atoms with Gasteiger partial charge in [0.1, 0.15) is 11.0 Å². The molecule has 0 atom stereocenters. The number of rotatable bonds is 3. The summed E-state index contributed by atoms with van der Waals surface area (Å²) >= 11 is 11.8. The van der Waals surface area contributed by atoms with Gasteiger partial charge in [0.25, 0.3) is 10.0 Å². The van der Waals surface area contributed by atoms with Crippen LogP contribution in [0.5, 0.6) is 0 Å². The molecule has 0 saturated carbocycles. The van der Waals surface area contributed by atoms with E-state index >= 15 is 0 Å². The Hall–Kier alpha value is -1.74. The molecule has 0 heterocycles. The van der Waals surface area contributed by atoms with Gasteiger partial charge in [0.05, 0.1) is 21.3 Å². The molecule has 0 radical (unpaired) electrons. The van der Waals surface area contributed by atoms with Gasteiger partial charge < -0.3 is 0 Å². The number of para-hydroxylation sites is 1. The van der Waals surface area contributed by atoms with Crippen LogP contribution in [0.2, 0.25) is 10.0 Å². The largest absolute Gasteiger partial charge is 0.277 e. The van der Waals surface area contributed by atoms with Crippen LogP contribution in [0.1, 0.15) is 5.56 Å². The highest BCUT2D eigenvalue weighted by Crippen LogP contribution is 2.32. The first-order valence-corrected chi connectivity index (χ1v) is 7.65. The molecule has 4 nitrogen and oxygen atoms in total. The summed E-state index contributed by atoms with van der Waals surface area (Å²) in [5.74, 6) is 0. The first-order valence-electron chi connectivity index (χ1n) is 5.41. The predicted molar refractivity (Wildman–Crippen MR) is 78.4 cm³/mol. The van der Waals surface area contributed by atoms with Crippen molar-refractivity contribution in [3.63, 3.8) is 0 Å². The molecule has 20 heavy (non-hydrogen) atoms. The maximum atomic E-state index is 12.3. The van der Waals surface area contributed by atoms with Gasteiger partial charge in [-0.3, -0.25) is 4.72 Å². The van der Waals surface area contributed by atoms with Gasteiger partial charge in [-0.25, -0.2) is 8.42 Å². The Morgan fingerprint density at radius 2 is 1.60 bits per heavy atom. The van der Waals surface area contributed by atoms with Crippen molar-refractivity contribution in [3.05, 3.63) is 58.1 Å². The van der Waals surface area contributed by atoms with Crippen LogP contribution in [0.3, 0.4) is 0 Å². The number of anilines is 1. The van der Waals surface area contributed by atoms with Crippen LogP contribution >= 0.6 is 23.2 Å². The Balaban J connectivity index is 2.50. The zero-order valence-electron chi connectivity index (χ0n) is 9.97. The highest BCUT2D eigenvalue weighted by Gasteiger charge is 2.20. The Bertz CT molecular complexity index is 778. The lowest BCUT2D eigenvalue weighted by atomic mass is 10.2. The second kappa shape index (κ2) is 5.71. The van der Waals surface area contributed by atoms with Crippen LogP contribution < -0.4 is 4.72 Å². The third kappa shape index (κ3) is 2.88. The van der Waals surface area contributed by atoms with Crippen molar-refractivity contribution in [2.24, 2.45) is 0 Å². The van der Waals surface area contributed by atoms with E-state index < -0.39 is 10.0 Å². The van der Waals surface area contributed by atoms with Crippen LogP contribution in [0.25, 0.3) is 0 Å². The molecule has 2 aromatic carbocycles. The zero-order chi connectivity index (χ0) is 14.8. The first kappa shape index (κ1) is 14.7. The third-order valence-electron chi connectivity index (χ3n) is 2.50. The van der Waals surface area contributed by atoms with Gasteiger partial charge in [-0.05, 0) is 24.3 Å². The van der Waals surface area contributed by atoms with Crippen LogP contribution in [0.4, 0.5) is 5.69 Å². The molecule has 0 saturated heterocycles. The number of benzene rings is 2. The van der Waals surface area contributed by atoms with E-state index in [1.807, 2.05) is 6.07 Å². The van der Waals surface area contributed by atoms with E-state index in [-0.39, 0.29) is 26.2 Å². The number of nitrogens with one attached hydrogen (secondary N) is 1. The summed E-state index contributed by atoms with van der Waals surface area (Å²) in [4.78, 5) is -0.126. The van der Waals surface area contributed by atoms with E-state index in [1.165, 1.54) is 30.3 Å². The summed E-state index contributed by atoms with van der Waals surface area (Å²) < 4.78 is 26.9. The number of hydrogen-bond acceptors (Lipinski definition) is 3. The third-order valence-corrected chi connectivity index (χ3v) is 4.53. The lowest BCUT2D eigenvalue weighted by Gasteiger charge is -2.11. The van der Waals surface area contributed by atoms with Crippen LogP contribution in [-0.2, 0) is 10.0 Å². The Morgan fingerprint density at radius 3 is 2.20 bits per heavy atom. The summed E-state index contributed by atoms with van der Waals surface area (Å²) in [6, 6.07) is 12.3. The SMILES string of the molecule is N#Cc1ccccc1S(=O)(=O)Nc1c(Cl)cccc1Cl. The van der Waals surface area contributed by atoms with Gasteiger partial charge >= 0.3 is 0 Å². The van der Waals surface area contributed by atoms with Crippen molar-refractivity contribution in [1.29, 1.82) is 5.26 Å². The number of halogens is 2. The molecule has 0 amide bonds. The second-order valence-electron chi connectivity index (χ2n) is 3.81. The fourth-order valence-corrected chi connectivity index (χ4v) is 3.44. The minimum Gasteiger partial charge on any atom is -0.277 e. The lowest BCUT2D eigenvalue weighted by molar-refractivity contribution is 0.601. The van der Waals surface area contributed by atoms with Gasteiger partial charge in [0.15, 0.2) is 0 Å². The molecule has 0 spiro atoms. The van der Waals surface area contributed by atoms with E-state index in [0.717, 1.165) is 0 Å². The highest BCUT2D eigenvalue weighted by atomic mass is 35.5. The minimum atomic E-state index is -3.94. The van der Waals surface area contributed by atoms with Crippen LogP contribution in [0.15, 0.2) is 47.4 Å². The van der Waals surface area contributed by atoms with E-state index in [9.17, 15) is 8.42 Å². The van der Waals surface area contributed by atoms with E-state index in [1.54, 1.807) is 12.1 Å². The average Bonchev–Trinajstić information content (AvgIpc) is 2.43. The number of nitrogens with zero attached hydrogens (tertiary/aromatic N) is 1. The van der Waals surface area contributed by atoms with Crippen molar-refractivity contribution in [2.45, 2.75) is 4.90 Å². The molecule has 0 aliphatic rings. The number of hydrogen-bond donors (Lipinski definition) is 1. The number of sulfonamides is 1. The van der Waals surface area contributed by atoms with E-state index in [0.29, 0.717) is 0 Å². The zero-order valence-corrected chi connectivity index (χ0v) is 12.3. The molecule has 7 heteroatoms. The molecular weight excluding hydrogens is 319 g/mol. The molecular formula is C13H8Cl2N2O2S. The quantitative estimate of drug-likeness (QED) is 0.935. The summed E-state index contributed by atoms with van der Waals surface area (Å²) in [5.41, 5.74) is 0.131. The molecule has 2 rings (SSSR count). The summed E-state index contributed by atoms with van der Waals surface area (Å²) in [5, 5.41) is 9.32. The molecule has 0 aliphatic carbocycles. The predicted octanol–water partition coefficient (Wildman–Crippen LogP) is 3.67. The van der Waals surface area contributed by atoms with Crippen molar-refractivity contribution in [3.8, 4) is 6.07 Å². The fourth-order valence-electron chi connectivity index (χ4n) is 1.58. The van der Waals surface area contributed by atoms with Crippen molar-refractivity contribution in [1.82, 2.24) is 0 Å². The Labute approximate surface area is 126 Å². The molecule has 2 aromatic rings. The van der Waals surface area contributed by atoms with Gasteiger partial charge in [-0.1, -0.05) is 41.4 Å². The summed E-state index contributed by atoms with van der Waals surface area (Å²) in [6.45, 7) is 0. The average molecular weight is 327 g/mol. The van der Waals surface area contributed by atoms with Gasteiger partial charge in [0.2, 0.25) is 0 Å². The van der Waals surface area contributed by atoms with Crippen molar-refractivity contribution < 1.29 is 8.42 Å². The maximum Gasteiger partial charge on any atom is 0.263 e. The monoisotopic (exact) mass is 326 g/mol. The highest BCUT2D eigenvalue weighted by molar-refractivity contribution is 7.92. The van der Waals surface area contributed by atoms with E-state index in [4.69, 9.17) is 28.5 Å². The van der Waals surface area contributed by atoms with E-state index in [2.05, 4.69) is 4.72 Å². The molecule has 0 bridgehead atoms. The first-order chi connectivity index (χ1) is 9.45. The van der Waals surface area contributed by atoms with Crippen LogP contribution in [0, 0.1) is 11.3 Å². The molecule has 102 valence electrons.